The van der Waals surface area contributed by atoms with Gasteiger partial charge >= 0.3 is 0 Å². The topological polar surface area (TPSA) is 47.0 Å². The molecule has 0 saturated heterocycles. The van der Waals surface area contributed by atoms with E-state index in [4.69, 9.17) is 4.74 Å². The van der Waals surface area contributed by atoms with Crippen molar-refractivity contribution in [2.24, 2.45) is 11.8 Å². The fraction of sp³-hybridized carbons (Fsp3) is 0.846. The van der Waals surface area contributed by atoms with Crippen LogP contribution in [0.1, 0.15) is 45.0 Å². The first-order valence-corrected chi connectivity index (χ1v) is 7.68. The predicted octanol–water partition coefficient (Wildman–Crippen LogP) is 2.85. The summed E-state index contributed by atoms with van der Waals surface area (Å²) in [6.45, 7) is 8.44. The van der Waals surface area contributed by atoms with Crippen LogP contribution in [0, 0.1) is 11.8 Å². The Morgan fingerprint density at radius 2 is 1.94 bits per heavy atom. The van der Waals surface area contributed by atoms with Gasteiger partial charge in [-0.15, -0.1) is 5.10 Å². The summed E-state index contributed by atoms with van der Waals surface area (Å²) < 4.78 is 5.97. The molecular formula is C13H23N3OS. The highest BCUT2D eigenvalue weighted by atomic mass is 32.1. The molecule has 1 aromatic heterocycles. The summed E-state index contributed by atoms with van der Waals surface area (Å²) in [6.07, 6.45) is 3.93. The maximum absolute atomic E-state index is 5.97. The summed E-state index contributed by atoms with van der Waals surface area (Å²) in [5.41, 5.74) is 0. The summed E-state index contributed by atoms with van der Waals surface area (Å²) in [6, 6.07) is 0. The molecule has 2 atom stereocenters. The zero-order valence-corrected chi connectivity index (χ0v) is 12.3. The summed E-state index contributed by atoms with van der Waals surface area (Å²) in [4.78, 5) is 0. The van der Waals surface area contributed by atoms with Crippen LogP contribution in [0.25, 0.3) is 0 Å². The Morgan fingerprint density at radius 1 is 1.22 bits per heavy atom. The number of aromatic nitrogens is 2. The standard InChI is InChI=1S/C13H23N3OS/c1-4-14-8-12-15-16-13(18-12)17-11-6-9(2)5-10(3)7-11/h9-11,14H,4-8H2,1-3H3. The van der Waals surface area contributed by atoms with E-state index in [0.717, 1.165) is 48.0 Å². The molecule has 1 aromatic rings. The quantitative estimate of drug-likeness (QED) is 0.893. The van der Waals surface area contributed by atoms with Crippen LogP contribution in [-0.2, 0) is 6.54 Å². The smallest absolute Gasteiger partial charge is 0.294 e. The third kappa shape index (κ3) is 3.92. The van der Waals surface area contributed by atoms with Gasteiger partial charge in [0.2, 0.25) is 0 Å². The van der Waals surface area contributed by atoms with Crippen molar-refractivity contribution in [2.45, 2.75) is 52.7 Å². The Bertz CT molecular complexity index is 359. The number of nitrogens with one attached hydrogen (secondary N) is 1. The number of nitrogens with zero attached hydrogens (tertiary/aromatic N) is 2. The highest BCUT2D eigenvalue weighted by Gasteiger charge is 2.26. The molecule has 5 heteroatoms. The van der Waals surface area contributed by atoms with E-state index in [1.165, 1.54) is 6.42 Å². The molecule has 1 aliphatic carbocycles. The number of rotatable bonds is 5. The number of ether oxygens (including phenoxy) is 1. The second-order valence-corrected chi connectivity index (χ2v) is 6.42. The van der Waals surface area contributed by atoms with Crippen molar-refractivity contribution in [3.05, 3.63) is 5.01 Å². The molecule has 1 N–H and O–H groups in total. The molecule has 0 bridgehead atoms. The molecule has 0 aliphatic heterocycles. The van der Waals surface area contributed by atoms with E-state index in [2.05, 4.69) is 36.3 Å². The lowest BCUT2D eigenvalue weighted by atomic mass is 9.82. The molecule has 102 valence electrons. The zero-order valence-electron chi connectivity index (χ0n) is 11.5. The Morgan fingerprint density at radius 3 is 2.61 bits per heavy atom. The number of hydrogen-bond donors (Lipinski definition) is 1. The molecule has 18 heavy (non-hydrogen) atoms. The minimum absolute atomic E-state index is 0.323. The van der Waals surface area contributed by atoms with E-state index in [9.17, 15) is 0 Å². The third-order valence-electron chi connectivity index (χ3n) is 3.38. The molecule has 0 amide bonds. The Balaban J connectivity index is 1.86. The molecule has 0 spiro atoms. The monoisotopic (exact) mass is 269 g/mol. The first kappa shape index (κ1) is 13.7. The minimum Gasteiger partial charge on any atom is -0.466 e. The van der Waals surface area contributed by atoms with Crippen LogP contribution >= 0.6 is 11.3 Å². The van der Waals surface area contributed by atoms with E-state index in [-0.39, 0.29) is 0 Å². The van der Waals surface area contributed by atoms with Gasteiger partial charge < -0.3 is 10.1 Å². The van der Waals surface area contributed by atoms with Gasteiger partial charge in [0.25, 0.3) is 5.19 Å². The molecule has 0 radical (unpaired) electrons. The van der Waals surface area contributed by atoms with Crippen molar-refractivity contribution in [2.75, 3.05) is 6.54 Å². The molecule has 1 saturated carbocycles. The molecule has 1 fully saturated rings. The Hall–Kier alpha value is -0.680. The highest BCUT2D eigenvalue weighted by molar-refractivity contribution is 7.13. The molecule has 0 aromatic carbocycles. The lowest BCUT2D eigenvalue weighted by Crippen LogP contribution is -2.28. The first-order valence-electron chi connectivity index (χ1n) is 6.87. The van der Waals surface area contributed by atoms with Crippen LogP contribution in [0.5, 0.6) is 5.19 Å². The molecular weight excluding hydrogens is 246 g/mol. The van der Waals surface area contributed by atoms with E-state index in [0.29, 0.717) is 6.10 Å². The third-order valence-corrected chi connectivity index (χ3v) is 4.19. The van der Waals surface area contributed by atoms with E-state index in [1.54, 1.807) is 11.3 Å². The predicted molar refractivity (Wildman–Crippen MR) is 73.9 cm³/mol. The van der Waals surface area contributed by atoms with Gasteiger partial charge in [0.15, 0.2) is 0 Å². The minimum atomic E-state index is 0.323. The first-order chi connectivity index (χ1) is 8.67. The molecule has 2 rings (SSSR count). The summed E-state index contributed by atoms with van der Waals surface area (Å²) in [5.74, 6) is 1.51. The fourth-order valence-corrected chi connectivity index (χ4v) is 3.42. The van der Waals surface area contributed by atoms with Crippen LogP contribution in [0.4, 0.5) is 0 Å². The summed E-state index contributed by atoms with van der Waals surface area (Å²) in [7, 11) is 0. The average molecular weight is 269 g/mol. The maximum Gasteiger partial charge on any atom is 0.294 e. The van der Waals surface area contributed by atoms with Gasteiger partial charge in [-0.25, -0.2) is 0 Å². The highest BCUT2D eigenvalue weighted by Crippen LogP contribution is 2.32. The van der Waals surface area contributed by atoms with Crippen molar-refractivity contribution in [3.8, 4) is 5.19 Å². The second-order valence-electron chi connectivity index (χ2n) is 5.40. The lowest BCUT2D eigenvalue weighted by molar-refractivity contribution is 0.1000. The average Bonchev–Trinajstić information content (AvgIpc) is 2.72. The van der Waals surface area contributed by atoms with Gasteiger partial charge in [0, 0.05) is 6.54 Å². The zero-order chi connectivity index (χ0) is 13.0. The summed E-state index contributed by atoms with van der Waals surface area (Å²) in [5, 5.41) is 13.2. The Kier molecular flexibility index (Phi) is 4.95. The van der Waals surface area contributed by atoms with Gasteiger partial charge in [-0.2, -0.15) is 0 Å². The summed E-state index contributed by atoms with van der Waals surface area (Å²) >= 11 is 1.56. The van der Waals surface area contributed by atoms with E-state index < -0.39 is 0 Å². The van der Waals surface area contributed by atoms with Crippen LogP contribution in [0.3, 0.4) is 0 Å². The fourth-order valence-electron chi connectivity index (χ4n) is 2.70. The van der Waals surface area contributed by atoms with Crippen molar-refractivity contribution < 1.29 is 4.74 Å². The Labute approximate surface area is 113 Å². The van der Waals surface area contributed by atoms with Gasteiger partial charge in [-0.3, -0.25) is 0 Å². The van der Waals surface area contributed by atoms with E-state index in [1.807, 2.05) is 0 Å². The van der Waals surface area contributed by atoms with Crippen molar-refractivity contribution in [3.63, 3.8) is 0 Å². The lowest BCUT2D eigenvalue weighted by Gasteiger charge is -2.30. The largest absolute Gasteiger partial charge is 0.466 e. The van der Waals surface area contributed by atoms with Crippen LogP contribution in [0.2, 0.25) is 0 Å². The van der Waals surface area contributed by atoms with Gasteiger partial charge in [0.1, 0.15) is 11.1 Å². The van der Waals surface area contributed by atoms with Crippen molar-refractivity contribution in [1.29, 1.82) is 0 Å². The van der Waals surface area contributed by atoms with E-state index >= 15 is 0 Å². The van der Waals surface area contributed by atoms with Gasteiger partial charge in [-0.05, 0) is 37.6 Å². The normalized spacial score (nSPS) is 28.3. The van der Waals surface area contributed by atoms with Crippen LogP contribution < -0.4 is 10.1 Å². The molecule has 2 unspecified atom stereocenters. The molecule has 1 heterocycles. The number of hydrogen-bond acceptors (Lipinski definition) is 5. The molecule has 1 aliphatic rings. The van der Waals surface area contributed by atoms with Crippen LogP contribution in [0.15, 0.2) is 0 Å². The maximum atomic E-state index is 5.97. The van der Waals surface area contributed by atoms with Crippen LogP contribution in [-0.4, -0.2) is 22.8 Å². The van der Waals surface area contributed by atoms with Crippen molar-refractivity contribution >= 4 is 11.3 Å². The van der Waals surface area contributed by atoms with Gasteiger partial charge in [0.05, 0.1) is 0 Å². The second kappa shape index (κ2) is 6.48. The molecule has 4 nitrogen and oxygen atoms in total. The SMILES string of the molecule is CCNCc1nnc(OC2CC(C)CC(C)C2)s1. The van der Waals surface area contributed by atoms with Gasteiger partial charge in [-0.1, -0.05) is 37.2 Å². The van der Waals surface area contributed by atoms with Crippen molar-refractivity contribution in [1.82, 2.24) is 15.5 Å².